The van der Waals surface area contributed by atoms with E-state index in [0.717, 1.165) is 31.2 Å². The smallest absolute Gasteiger partial charge is 0.249 e. The molecule has 2 aromatic carbocycles. The summed E-state index contributed by atoms with van der Waals surface area (Å²) in [7, 11) is 0. The molecule has 0 aromatic heterocycles. The molecule has 0 aliphatic heterocycles. The number of nitrogens with two attached hydrogens (primary N) is 1. The van der Waals surface area contributed by atoms with Gasteiger partial charge in [-0.05, 0) is 55.2 Å². The number of allylic oxidation sites excluding steroid dienone is 2. The molecule has 0 radical (unpaired) electrons. The van der Waals surface area contributed by atoms with Gasteiger partial charge in [-0.2, -0.15) is 0 Å². The minimum absolute atomic E-state index is 0.0523. The number of carbonyl (C=O) groups excluding carboxylic acids is 2. The summed E-state index contributed by atoms with van der Waals surface area (Å²) in [5.74, 6) is -1.07. The van der Waals surface area contributed by atoms with Gasteiger partial charge in [0, 0.05) is 37.2 Å². The predicted octanol–water partition coefficient (Wildman–Crippen LogP) is 3.97. The fourth-order valence-corrected chi connectivity index (χ4v) is 6.24. The summed E-state index contributed by atoms with van der Waals surface area (Å²) in [5, 5.41) is 15.3. The first kappa shape index (κ1) is 28.8. The lowest BCUT2D eigenvalue weighted by Crippen LogP contribution is -2.52. The molecule has 6 nitrogen and oxygen atoms in total. The van der Waals surface area contributed by atoms with Gasteiger partial charge in [-0.25, -0.2) is 0 Å². The molecular formula is C33H43N3O3. The van der Waals surface area contributed by atoms with Crippen molar-refractivity contribution in [3.8, 4) is 0 Å². The van der Waals surface area contributed by atoms with E-state index in [1.165, 1.54) is 11.1 Å². The number of hydrogen-bond donors (Lipinski definition) is 3. The number of benzene rings is 2. The lowest BCUT2D eigenvalue weighted by atomic mass is 9.64. The first-order chi connectivity index (χ1) is 18.9. The van der Waals surface area contributed by atoms with Gasteiger partial charge in [0.25, 0.3) is 0 Å². The summed E-state index contributed by atoms with van der Waals surface area (Å²) in [4.78, 5) is 28.7. The molecule has 3 atom stereocenters. The summed E-state index contributed by atoms with van der Waals surface area (Å²) >= 11 is 0. The van der Waals surface area contributed by atoms with E-state index in [-0.39, 0.29) is 18.4 Å². The van der Waals surface area contributed by atoms with Gasteiger partial charge in [0.2, 0.25) is 11.8 Å². The molecule has 208 valence electrons. The van der Waals surface area contributed by atoms with Crippen LogP contribution in [0.1, 0.15) is 49.8 Å². The SMILES string of the molecule is CCCN(CCC)C(=O)C1=CC=CC(C(N)=O)([C@H](Cc2ccccc2)[C@@H](O)CNC2Cc3ccccc3C2)C1. The Morgan fingerprint density at radius 2 is 1.64 bits per heavy atom. The summed E-state index contributed by atoms with van der Waals surface area (Å²) < 4.78 is 0. The van der Waals surface area contributed by atoms with Crippen LogP contribution in [0.3, 0.4) is 0 Å². The molecule has 0 saturated carbocycles. The Labute approximate surface area is 233 Å². The fourth-order valence-electron chi connectivity index (χ4n) is 6.24. The van der Waals surface area contributed by atoms with Gasteiger partial charge in [0.1, 0.15) is 0 Å². The van der Waals surface area contributed by atoms with Crippen molar-refractivity contribution in [1.82, 2.24) is 10.2 Å². The van der Waals surface area contributed by atoms with E-state index in [2.05, 4.69) is 43.4 Å². The second-order valence-electron chi connectivity index (χ2n) is 11.1. The van der Waals surface area contributed by atoms with Gasteiger partial charge in [-0.15, -0.1) is 0 Å². The number of amides is 2. The zero-order chi connectivity index (χ0) is 27.8. The van der Waals surface area contributed by atoms with Crippen LogP contribution in [0, 0.1) is 11.3 Å². The number of fused-ring (bicyclic) bond motifs is 1. The van der Waals surface area contributed by atoms with Crippen molar-refractivity contribution in [1.29, 1.82) is 0 Å². The average molecular weight is 530 g/mol. The standard InChI is InChI=1S/C33H43N3O3/c1-3-17-36(18-4-2)31(38)27-15-10-16-33(22-27,32(34)39)29(19-24-11-6-5-7-12-24)30(37)23-35-28-20-25-13-8-9-14-26(25)21-28/h5-16,28-30,35,37H,3-4,17-23H2,1-2H3,(H2,34,39)/t29-,30+,33?/m1/s1. The van der Waals surface area contributed by atoms with E-state index in [1.807, 2.05) is 47.4 Å². The maximum absolute atomic E-state index is 13.5. The first-order valence-electron chi connectivity index (χ1n) is 14.4. The maximum atomic E-state index is 13.5. The summed E-state index contributed by atoms with van der Waals surface area (Å²) in [6, 6.07) is 18.6. The molecule has 2 aromatic rings. The Hall–Kier alpha value is -3.22. The van der Waals surface area contributed by atoms with Crippen LogP contribution >= 0.6 is 0 Å². The highest BCUT2D eigenvalue weighted by molar-refractivity contribution is 5.96. The Morgan fingerprint density at radius 1 is 1.03 bits per heavy atom. The monoisotopic (exact) mass is 529 g/mol. The van der Waals surface area contributed by atoms with Crippen LogP contribution in [0.15, 0.2) is 78.4 Å². The third-order valence-electron chi connectivity index (χ3n) is 8.27. The molecule has 2 amide bonds. The molecule has 2 aliphatic rings. The Bertz CT molecular complexity index is 1160. The van der Waals surface area contributed by atoms with Crippen molar-refractivity contribution in [2.45, 2.75) is 64.5 Å². The second-order valence-corrected chi connectivity index (χ2v) is 11.1. The molecule has 6 heteroatoms. The predicted molar refractivity (Wildman–Crippen MR) is 156 cm³/mol. The lowest BCUT2D eigenvalue weighted by Gasteiger charge is -2.41. The Balaban J connectivity index is 1.57. The van der Waals surface area contributed by atoms with E-state index < -0.39 is 23.3 Å². The van der Waals surface area contributed by atoms with Crippen molar-refractivity contribution in [2.24, 2.45) is 17.1 Å². The number of carbonyl (C=O) groups is 2. The minimum atomic E-state index is -1.18. The highest BCUT2D eigenvalue weighted by Gasteiger charge is 2.48. The Morgan fingerprint density at radius 3 is 2.23 bits per heavy atom. The van der Waals surface area contributed by atoms with Crippen LogP contribution in [-0.4, -0.2) is 53.6 Å². The van der Waals surface area contributed by atoms with Gasteiger partial charge in [-0.3, -0.25) is 9.59 Å². The quantitative estimate of drug-likeness (QED) is 0.366. The number of hydrogen-bond acceptors (Lipinski definition) is 4. The van der Waals surface area contributed by atoms with Crippen LogP contribution in [-0.2, 0) is 28.9 Å². The van der Waals surface area contributed by atoms with Crippen LogP contribution < -0.4 is 11.1 Å². The summed E-state index contributed by atoms with van der Waals surface area (Å²) in [5.41, 5.74) is 9.24. The minimum Gasteiger partial charge on any atom is -0.391 e. The molecule has 0 spiro atoms. The van der Waals surface area contributed by atoms with Crippen molar-refractivity contribution >= 4 is 11.8 Å². The fraction of sp³-hybridized carbons (Fsp3) is 0.455. The topological polar surface area (TPSA) is 95.7 Å². The maximum Gasteiger partial charge on any atom is 0.249 e. The van der Waals surface area contributed by atoms with E-state index in [9.17, 15) is 14.7 Å². The molecule has 4 N–H and O–H groups in total. The van der Waals surface area contributed by atoms with Gasteiger partial charge in [0.15, 0.2) is 0 Å². The average Bonchev–Trinajstić information content (AvgIpc) is 3.38. The van der Waals surface area contributed by atoms with Gasteiger partial charge in [0.05, 0.1) is 11.5 Å². The normalized spacial score (nSPS) is 20.2. The Kier molecular flexibility index (Phi) is 9.76. The summed E-state index contributed by atoms with van der Waals surface area (Å²) in [6.45, 7) is 5.79. The van der Waals surface area contributed by atoms with Gasteiger partial charge < -0.3 is 21.1 Å². The zero-order valence-electron chi connectivity index (χ0n) is 23.3. The molecule has 39 heavy (non-hydrogen) atoms. The van der Waals surface area contributed by atoms with Crippen molar-refractivity contribution in [3.05, 3.63) is 95.1 Å². The third kappa shape index (κ3) is 6.68. The number of rotatable bonds is 13. The number of nitrogens with zero attached hydrogens (tertiary/aromatic N) is 1. The molecule has 4 rings (SSSR count). The van der Waals surface area contributed by atoms with E-state index in [4.69, 9.17) is 5.73 Å². The van der Waals surface area contributed by atoms with E-state index in [1.54, 1.807) is 6.08 Å². The lowest BCUT2D eigenvalue weighted by molar-refractivity contribution is -0.132. The van der Waals surface area contributed by atoms with Crippen molar-refractivity contribution < 1.29 is 14.7 Å². The highest BCUT2D eigenvalue weighted by atomic mass is 16.3. The number of nitrogens with one attached hydrogen (secondary N) is 1. The molecule has 0 saturated heterocycles. The third-order valence-corrected chi connectivity index (χ3v) is 8.27. The number of aliphatic hydroxyl groups is 1. The zero-order valence-corrected chi connectivity index (χ0v) is 23.3. The molecule has 0 bridgehead atoms. The van der Waals surface area contributed by atoms with Gasteiger partial charge >= 0.3 is 0 Å². The van der Waals surface area contributed by atoms with E-state index in [0.29, 0.717) is 31.6 Å². The number of aliphatic hydroxyl groups excluding tert-OH is 1. The van der Waals surface area contributed by atoms with Crippen LogP contribution in [0.25, 0.3) is 0 Å². The molecule has 0 fully saturated rings. The van der Waals surface area contributed by atoms with E-state index >= 15 is 0 Å². The van der Waals surface area contributed by atoms with Crippen LogP contribution in [0.5, 0.6) is 0 Å². The largest absolute Gasteiger partial charge is 0.391 e. The molecular weight excluding hydrogens is 486 g/mol. The summed E-state index contributed by atoms with van der Waals surface area (Å²) in [6.07, 6.45) is 8.77. The van der Waals surface area contributed by atoms with Crippen LogP contribution in [0.4, 0.5) is 0 Å². The molecule has 2 aliphatic carbocycles. The molecule has 0 heterocycles. The van der Waals surface area contributed by atoms with Crippen molar-refractivity contribution in [3.63, 3.8) is 0 Å². The van der Waals surface area contributed by atoms with Gasteiger partial charge in [-0.1, -0.05) is 86.7 Å². The number of primary amides is 1. The molecule has 1 unspecified atom stereocenters. The highest BCUT2D eigenvalue weighted by Crippen LogP contribution is 2.43. The van der Waals surface area contributed by atoms with Crippen molar-refractivity contribution in [2.75, 3.05) is 19.6 Å². The van der Waals surface area contributed by atoms with Crippen LogP contribution in [0.2, 0.25) is 0 Å². The second kappa shape index (κ2) is 13.2. The first-order valence-corrected chi connectivity index (χ1v) is 14.4.